The topological polar surface area (TPSA) is 195 Å². The molecule has 6 aliphatic rings. The summed E-state index contributed by atoms with van der Waals surface area (Å²) in [5, 5.41) is 5.91. The second kappa shape index (κ2) is 18.8. The van der Waals surface area contributed by atoms with Crippen molar-refractivity contribution in [1.82, 2.24) is 30.1 Å². The van der Waals surface area contributed by atoms with Crippen LogP contribution < -0.4 is 24.8 Å². The van der Waals surface area contributed by atoms with Crippen LogP contribution in [0.5, 0.6) is 11.5 Å². The average molecular weight is 947 g/mol. The van der Waals surface area contributed by atoms with E-state index in [1.54, 1.807) is 18.2 Å². The molecule has 0 radical (unpaired) electrons. The van der Waals surface area contributed by atoms with Crippen LogP contribution in [0.2, 0.25) is 0 Å². The van der Waals surface area contributed by atoms with Crippen LogP contribution in [-0.4, -0.2) is 128 Å². The van der Waals surface area contributed by atoms with Crippen LogP contribution in [0.15, 0.2) is 30.4 Å². The summed E-state index contributed by atoms with van der Waals surface area (Å²) in [6.45, 7) is 9.20. The van der Waals surface area contributed by atoms with E-state index in [9.17, 15) is 27.6 Å². The number of carbonyl (C=O) groups excluding carboxylic acids is 4. The maximum Gasteiger partial charge on any atom is 0.437 e. The maximum absolute atomic E-state index is 15.0. The summed E-state index contributed by atoms with van der Waals surface area (Å²) in [7, 11) is -4.10. The molecule has 1 unspecified atom stereocenters. The molecule has 1 spiro atoms. The predicted octanol–water partition coefficient (Wildman–Crippen LogP) is 5.16. The van der Waals surface area contributed by atoms with Gasteiger partial charge in [-0.25, -0.2) is 18.2 Å². The second-order valence-corrected chi connectivity index (χ2v) is 21.7. The Bertz CT molecular complexity index is 2340. The van der Waals surface area contributed by atoms with Gasteiger partial charge in [-0.15, -0.1) is 0 Å². The van der Waals surface area contributed by atoms with Gasteiger partial charge in [-0.1, -0.05) is 38.8 Å². The first-order valence-corrected chi connectivity index (χ1v) is 24.8. The third kappa shape index (κ3) is 10.2. The van der Waals surface area contributed by atoms with Crippen molar-refractivity contribution in [3.8, 4) is 11.5 Å². The largest absolute Gasteiger partial charge is 0.494 e. The van der Waals surface area contributed by atoms with Crippen LogP contribution in [0.25, 0.3) is 10.9 Å². The minimum atomic E-state index is -4.95. The van der Waals surface area contributed by atoms with Crippen LogP contribution in [-0.2, 0) is 46.5 Å². The average Bonchev–Trinajstić information content (AvgIpc) is 4.17. The highest BCUT2D eigenvalue weighted by atomic mass is 32.2. The summed E-state index contributed by atoms with van der Waals surface area (Å²) in [6, 6.07) is 2.17. The fourth-order valence-corrected chi connectivity index (χ4v) is 10.8. The van der Waals surface area contributed by atoms with Crippen LogP contribution in [0.3, 0.4) is 0 Å². The molecule has 4 fully saturated rings. The number of ether oxygens (including phenoxy) is 4. The molecule has 66 heavy (non-hydrogen) atoms. The first-order valence-electron chi connectivity index (χ1n) is 23.3. The van der Waals surface area contributed by atoms with E-state index >= 15 is 13.2 Å². The zero-order valence-corrected chi connectivity index (χ0v) is 38.6. The smallest absolute Gasteiger partial charge is 0.437 e. The molecule has 4 amide bonds. The number of hydrogen-bond donors (Lipinski definition) is 3. The van der Waals surface area contributed by atoms with Crippen LogP contribution in [0.1, 0.15) is 103 Å². The van der Waals surface area contributed by atoms with E-state index in [4.69, 9.17) is 18.9 Å². The third-order valence-corrected chi connectivity index (χ3v) is 16.0. The molecule has 4 aliphatic heterocycles. The molecule has 3 N–H and O–H groups in total. The predicted molar refractivity (Wildman–Crippen MR) is 235 cm³/mol. The summed E-state index contributed by atoms with van der Waals surface area (Å²) < 4.78 is 96.0. The Kier molecular flexibility index (Phi) is 13.6. The van der Waals surface area contributed by atoms with E-state index in [2.05, 4.69) is 25.2 Å². The molecule has 2 saturated heterocycles. The Morgan fingerprint density at radius 2 is 1.85 bits per heavy atom. The number of rotatable bonds is 11. The molecule has 5 heterocycles. The first kappa shape index (κ1) is 47.8. The number of halogens is 3. The molecule has 2 aromatic rings. The minimum absolute atomic E-state index is 0.000980. The molecule has 5 atom stereocenters. The van der Waals surface area contributed by atoms with Gasteiger partial charge >= 0.3 is 12.3 Å². The molecule has 1 aromatic carbocycles. The summed E-state index contributed by atoms with van der Waals surface area (Å²) in [6.07, 6.45) is 2.00. The van der Waals surface area contributed by atoms with Gasteiger partial charge in [0.05, 0.1) is 43.2 Å². The van der Waals surface area contributed by atoms with Crippen molar-refractivity contribution < 1.29 is 59.7 Å². The standard InChI is InChI=1S/C46H61F3N6O10S/c1-29(2)27-64-42(59)51-35-11-8-6-4-5-7-10-30-25-45(30,41(58)53-66(60,61)43(3)16-17-43)52-39(56)36-26-44(28-55(36)40(35)57)15-14-32-33-24-31(63-21-9-18-54-19-22-62-23-20-54)12-13-34(33)50-38(37(32)65-44)46(47,48)49/h7,10,12-13,24,29-30,35-36H,4-6,8-9,11,14-23,25-28H2,1-3H3,(H,51,59)(H,52,56)(H,53,58)/b10-7-/t30?,35-,36-,44+,45+/m0/s1. The van der Waals surface area contributed by atoms with Gasteiger partial charge in [-0.3, -0.25) is 24.0 Å². The fraction of sp³-hybridized carbons (Fsp3) is 0.674. The number of morpholine rings is 1. The number of alkyl halides is 3. The van der Waals surface area contributed by atoms with E-state index in [0.717, 1.165) is 26.1 Å². The number of alkyl carbamates (subject to hydrolysis) is 1. The molecule has 362 valence electrons. The third-order valence-electron chi connectivity index (χ3n) is 13.9. The number of aromatic nitrogens is 1. The van der Waals surface area contributed by atoms with Crippen molar-refractivity contribution in [2.45, 2.75) is 132 Å². The number of carbonyl (C=O) groups is 4. The zero-order valence-electron chi connectivity index (χ0n) is 37.8. The van der Waals surface area contributed by atoms with Crippen LogP contribution in [0.4, 0.5) is 18.0 Å². The normalized spacial score (nSPS) is 28.5. The number of aryl methyl sites for hydroxylation is 1. The van der Waals surface area contributed by atoms with Crippen molar-refractivity contribution in [3.63, 3.8) is 0 Å². The summed E-state index contributed by atoms with van der Waals surface area (Å²) in [4.78, 5) is 64.3. The molecule has 20 heteroatoms. The van der Waals surface area contributed by atoms with Gasteiger partial charge in [-0.2, -0.15) is 13.2 Å². The Labute approximate surface area is 383 Å². The second-order valence-electron chi connectivity index (χ2n) is 19.5. The van der Waals surface area contributed by atoms with E-state index in [0.29, 0.717) is 69.5 Å². The highest BCUT2D eigenvalue weighted by Gasteiger charge is 2.64. The maximum atomic E-state index is 15.0. The molecule has 0 bridgehead atoms. The van der Waals surface area contributed by atoms with Gasteiger partial charge in [0.1, 0.15) is 29.0 Å². The van der Waals surface area contributed by atoms with Crippen LogP contribution >= 0.6 is 0 Å². The first-order chi connectivity index (χ1) is 31.3. The Morgan fingerprint density at radius 1 is 1.08 bits per heavy atom. The Morgan fingerprint density at radius 3 is 2.58 bits per heavy atom. The van der Waals surface area contributed by atoms with E-state index in [1.807, 2.05) is 19.9 Å². The molecule has 1 aromatic heterocycles. The Hall–Kier alpha value is -4.69. The fourth-order valence-electron chi connectivity index (χ4n) is 9.52. The van der Waals surface area contributed by atoms with E-state index in [-0.39, 0.29) is 62.3 Å². The van der Waals surface area contributed by atoms with Crippen molar-refractivity contribution in [2.24, 2.45) is 11.8 Å². The van der Waals surface area contributed by atoms with Crippen molar-refractivity contribution in [2.75, 3.05) is 52.6 Å². The minimum Gasteiger partial charge on any atom is -0.494 e. The highest BCUT2D eigenvalue weighted by molar-refractivity contribution is 7.91. The number of allylic oxidation sites excluding steroid dienone is 1. The molecule has 8 rings (SSSR count). The van der Waals surface area contributed by atoms with Gasteiger partial charge < -0.3 is 34.5 Å². The number of nitrogens with zero attached hydrogens (tertiary/aromatic N) is 3. The molecular weight excluding hydrogens is 886 g/mol. The number of pyridine rings is 1. The van der Waals surface area contributed by atoms with Gasteiger partial charge in [-0.05, 0) is 88.8 Å². The van der Waals surface area contributed by atoms with Crippen LogP contribution in [0, 0.1) is 11.8 Å². The molecule has 16 nitrogen and oxygen atoms in total. The van der Waals surface area contributed by atoms with Gasteiger partial charge in [0.2, 0.25) is 21.8 Å². The lowest BCUT2D eigenvalue weighted by molar-refractivity contribution is -0.144. The number of nitrogens with one attached hydrogen (secondary N) is 3. The van der Waals surface area contributed by atoms with Gasteiger partial charge in [0, 0.05) is 42.9 Å². The number of amides is 4. The highest BCUT2D eigenvalue weighted by Crippen LogP contribution is 2.50. The van der Waals surface area contributed by atoms with Gasteiger partial charge in [0.25, 0.3) is 5.91 Å². The van der Waals surface area contributed by atoms with Crippen molar-refractivity contribution in [3.05, 3.63) is 41.6 Å². The summed E-state index contributed by atoms with van der Waals surface area (Å²) in [5.74, 6) is -3.00. The van der Waals surface area contributed by atoms with E-state index in [1.165, 1.54) is 17.9 Å². The number of fused-ring (bicyclic) bond motifs is 5. The number of hydrogen-bond acceptors (Lipinski definition) is 12. The lowest BCUT2D eigenvalue weighted by Crippen LogP contribution is -2.58. The summed E-state index contributed by atoms with van der Waals surface area (Å²) in [5.41, 5.74) is -4.10. The molecule has 2 saturated carbocycles. The number of sulfonamides is 1. The molecule has 2 aliphatic carbocycles. The monoisotopic (exact) mass is 946 g/mol. The zero-order chi connectivity index (χ0) is 47.1. The SMILES string of the molecule is CC(C)COC(=O)N[C@H]1CCCCC/C=C\C2C[C@@]2(C(=O)NS(=O)(=O)C2(C)CC2)NC(=O)[C@@H]2C[C@]3(CCc4c(c(C(F)(F)F)nc5ccc(OCCCN6CCOCC6)cc45)O3)CN2C1=O. The number of benzene rings is 1. The summed E-state index contributed by atoms with van der Waals surface area (Å²) >= 11 is 0. The van der Waals surface area contributed by atoms with Crippen molar-refractivity contribution >= 4 is 44.7 Å². The van der Waals surface area contributed by atoms with Gasteiger partial charge in [0.15, 0.2) is 11.4 Å². The van der Waals surface area contributed by atoms with Crippen molar-refractivity contribution in [1.29, 1.82) is 0 Å². The molecular formula is C46H61F3N6O10S. The lowest BCUT2D eigenvalue weighted by Gasteiger charge is -2.37. The van der Waals surface area contributed by atoms with E-state index < -0.39 is 85.3 Å². The quantitative estimate of drug-likeness (QED) is 0.198. The lowest BCUT2D eigenvalue weighted by atomic mass is 9.87. The Balaban J connectivity index is 1.11.